The maximum Gasteiger partial charge on any atom is 0.134 e. The van der Waals surface area contributed by atoms with Crippen molar-refractivity contribution >= 4 is 11.6 Å². The SMILES string of the molecule is Cc1ccn(-c2ccccc2CNc2cc(N3CCCCC3)ncn2)n1. The van der Waals surface area contributed by atoms with Gasteiger partial charge in [-0.3, -0.25) is 0 Å². The number of aryl methyl sites for hydroxylation is 1. The predicted octanol–water partition coefficient (Wildman–Crippen LogP) is 3.57. The molecule has 134 valence electrons. The van der Waals surface area contributed by atoms with E-state index in [2.05, 4.69) is 43.5 Å². The van der Waals surface area contributed by atoms with E-state index >= 15 is 0 Å². The van der Waals surface area contributed by atoms with Crippen molar-refractivity contribution in [2.75, 3.05) is 23.3 Å². The molecular formula is C20H24N6. The molecule has 0 aliphatic carbocycles. The van der Waals surface area contributed by atoms with Gasteiger partial charge in [-0.25, -0.2) is 14.6 Å². The molecule has 3 heterocycles. The highest BCUT2D eigenvalue weighted by Gasteiger charge is 2.13. The number of rotatable bonds is 5. The molecule has 4 rings (SSSR count). The van der Waals surface area contributed by atoms with Gasteiger partial charge in [0.1, 0.15) is 18.0 Å². The van der Waals surface area contributed by atoms with E-state index in [1.807, 2.05) is 36.0 Å². The molecule has 0 saturated carbocycles. The number of aromatic nitrogens is 4. The third-order valence-corrected chi connectivity index (χ3v) is 4.75. The van der Waals surface area contributed by atoms with Gasteiger partial charge in [0.2, 0.25) is 0 Å². The summed E-state index contributed by atoms with van der Waals surface area (Å²) in [5.41, 5.74) is 3.27. The van der Waals surface area contributed by atoms with Gasteiger partial charge in [-0.05, 0) is 43.9 Å². The summed E-state index contributed by atoms with van der Waals surface area (Å²) in [5.74, 6) is 1.87. The van der Waals surface area contributed by atoms with Crippen molar-refractivity contribution < 1.29 is 0 Å². The van der Waals surface area contributed by atoms with Crippen LogP contribution in [0.25, 0.3) is 5.69 Å². The Bertz CT molecular complexity index is 866. The van der Waals surface area contributed by atoms with E-state index in [0.717, 1.165) is 36.1 Å². The maximum atomic E-state index is 4.53. The van der Waals surface area contributed by atoms with E-state index in [4.69, 9.17) is 0 Å². The summed E-state index contributed by atoms with van der Waals surface area (Å²) in [6.45, 7) is 4.85. The lowest BCUT2D eigenvalue weighted by atomic mass is 10.1. The molecule has 6 heteroatoms. The zero-order chi connectivity index (χ0) is 17.8. The molecule has 2 aromatic heterocycles. The fourth-order valence-corrected chi connectivity index (χ4v) is 3.36. The number of nitrogens with zero attached hydrogens (tertiary/aromatic N) is 5. The average Bonchev–Trinajstić information content (AvgIpc) is 3.14. The van der Waals surface area contributed by atoms with Crippen LogP contribution in [0.4, 0.5) is 11.6 Å². The van der Waals surface area contributed by atoms with Gasteiger partial charge in [-0.2, -0.15) is 5.10 Å². The highest BCUT2D eigenvalue weighted by atomic mass is 15.3. The molecule has 1 aromatic carbocycles. The molecule has 0 unspecified atom stereocenters. The van der Waals surface area contributed by atoms with Crippen molar-refractivity contribution in [3.63, 3.8) is 0 Å². The van der Waals surface area contributed by atoms with Gasteiger partial charge < -0.3 is 10.2 Å². The van der Waals surface area contributed by atoms with Gasteiger partial charge in [0, 0.05) is 31.9 Å². The van der Waals surface area contributed by atoms with Crippen LogP contribution in [0.5, 0.6) is 0 Å². The van der Waals surface area contributed by atoms with Crippen LogP contribution in [0.1, 0.15) is 30.5 Å². The number of hydrogen-bond donors (Lipinski definition) is 1. The second kappa shape index (κ2) is 7.56. The van der Waals surface area contributed by atoms with E-state index in [1.165, 1.54) is 24.8 Å². The quantitative estimate of drug-likeness (QED) is 0.764. The monoisotopic (exact) mass is 348 g/mol. The second-order valence-electron chi connectivity index (χ2n) is 6.69. The minimum absolute atomic E-state index is 0.686. The highest BCUT2D eigenvalue weighted by molar-refractivity contribution is 5.50. The second-order valence-corrected chi connectivity index (χ2v) is 6.69. The topological polar surface area (TPSA) is 58.9 Å². The fourth-order valence-electron chi connectivity index (χ4n) is 3.36. The molecule has 26 heavy (non-hydrogen) atoms. The Hall–Kier alpha value is -2.89. The number of benzene rings is 1. The molecule has 1 aliphatic rings. The lowest BCUT2D eigenvalue weighted by Gasteiger charge is -2.27. The molecule has 0 amide bonds. The summed E-state index contributed by atoms with van der Waals surface area (Å²) in [6.07, 6.45) is 7.44. The maximum absolute atomic E-state index is 4.53. The van der Waals surface area contributed by atoms with Crippen molar-refractivity contribution in [3.8, 4) is 5.69 Å². The van der Waals surface area contributed by atoms with Crippen LogP contribution in [-0.2, 0) is 6.54 Å². The minimum atomic E-state index is 0.686. The smallest absolute Gasteiger partial charge is 0.134 e. The van der Waals surface area contributed by atoms with Gasteiger partial charge in [0.15, 0.2) is 0 Å². The molecule has 0 radical (unpaired) electrons. The first-order valence-electron chi connectivity index (χ1n) is 9.21. The van der Waals surface area contributed by atoms with Crippen LogP contribution in [0, 0.1) is 6.92 Å². The van der Waals surface area contributed by atoms with E-state index in [1.54, 1.807) is 6.33 Å². The van der Waals surface area contributed by atoms with E-state index in [9.17, 15) is 0 Å². The average molecular weight is 348 g/mol. The number of para-hydroxylation sites is 1. The third-order valence-electron chi connectivity index (χ3n) is 4.75. The van der Waals surface area contributed by atoms with Crippen LogP contribution in [-0.4, -0.2) is 32.8 Å². The molecule has 0 atom stereocenters. The Labute approximate surface area is 153 Å². The van der Waals surface area contributed by atoms with Crippen LogP contribution in [0.2, 0.25) is 0 Å². The summed E-state index contributed by atoms with van der Waals surface area (Å²) in [7, 11) is 0. The summed E-state index contributed by atoms with van der Waals surface area (Å²) >= 11 is 0. The molecule has 1 saturated heterocycles. The van der Waals surface area contributed by atoms with Crippen LogP contribution < -0.4 is 10.2 Å². The summed E-state index contributed by atoms with van der Waals surface area (Å²) < 4.78 is 1.92. The molecular weight excluding hydrogens is 324 g/mol. The largest absolute Gasteiger partial charge is 0.366 e. The van der Waals surface area contributed by atoms with Gasteiger partial charge in [-0.1, -0.05) is 18.2 Å². The van der Waals surface area contributed by atoms with Crippen molar-refractivity contribution in [1.82, 2.24) is 19.7 Å². The van der Waals surface area contributed by atoms with Gasteiger partial charge in [0.25, 0.3) is 0 Å². The van der Waals surface area contributed by atoms with Crippen LogP contribution in [0.3, 0.4) is 0 Å². The molecule has 6 nitrogen and oxygen atoms in total. The first-order valence-corrected chi connectivity index (χ1v) is 9.21. The third kappa shape index (κ3) is 3.69. The lowest BCUT2D eigenvalue weighted by molar-refractivity contribution is 0.573. The Balaban J connectivity index is 1.49. The first kappa shape index (κ1) is 16.6. The molecule has 0 bridgehead atoms. The molecule has 1 fully saturated rings. The highest BCUT2D eigenvalue weighted by Crippen LogP contribution is 2.20. The van der Waals surface area contributed by atoms with Gasteiger partial charge in [0.05, 0.1) is 11.4 Å². The van der Waals surface area contributed by atoms with Crippen molar-refractivity contribution in [1.29, 1.82) is 0 Å². The number of nitrogens with one attached hydrogen (secondary N) is 1. The standard InChI is InChI=1S/C20H24N6/c1-16-9-12-26(24-16)18-8-4-3-7-17(18)14-21-19-13-20(23-15-22-19)25-10-5-2-6-11-25/h3-4,7-9,12-13,15H,2,5-6,10-11,14H2,1H3,(H,21,22,23). The van der Waals surface area contributed by atoms with Crippen molar-refractivity contribution in [2.45, 2.75) is 32.7 Å². The zero-order valence-electron chi connectivity index (χ0n) is 15.1. The van der Waals surface area contributed by atoms with E-state index in [0.29, 0.717) is 6.54 Å². The number of hydrogen-bond acceptors (Lipinski definition) is 5. The van der Waals surface area contributed by atoms with Crippen molar-refractivity contribution in [2.24, 2.45) is 0 Å². The molecule has 0 spiro atoms. The van der Waals surface area contributed by atoms with Crippen molar-refractivity contribution in [3.05, 3.63) is 60.2 Å². The summed E-state index contributed by atoms with van der Waals surface area (Å²) in [4.78, 5) is 11.2. The number of piperidine rings is 1. The number of anilines is 2. The molecule has 1 N–H and O–H groups in total. The normalized spacial score (nSPS) is 14.4. The molecule has 3 aromatic rings. The van der Waals surface area contributed by atoms with Gasteiger partial charge in [-0.15, -0.1) is 0 Å². The minimum Gasteiger partial charge on any atom is -0.366 e. The Morgan fingerprint density at radius 1 is 1.04 bits per heavy atom. The molecule has 1 aliphatic heterocycles. The first-order chi connectivity index (χ1) is 12.8. The van der Waals surface area contributed by atoms with Crippen LogP contribution in [0.15, 0.2) is 48.9 Å². The fraction of sp³-hybridized carbons (Fsp3) is 0.350. The summed E-state index contributed by atoms with van der Waals surface area (Å²) in [6, 6.07) is 12.4. The lowest BCUT2D eigenvalue weighted by Crippen LogP contribution is -2.30. The Morgan fingerprint density at radius 2 is 1.88 bits per heavy atom. The zero-order valence-corrected chi connectivity index (χ0v) is 15.1. The van der Waals surface area contributed by atoms with E-state index < -0.39 is 0 Å². The van der Waals surface area contributed by atoms with E-state index in [-0.39, 0.29) is 0 Å². The van der Waals surface area contributed by atoms with Crippen LogP contribution >= 0.6 is 0 Å². The summed E-state index contributed by atoms with van der Waals surface area (Å²) in [5, 5.41) is 7.97. The Morgan fingerprint density at radius 3 is 2.69 bits per heavy atom. The predicted molar refractivity (Wildman–Crippen MR) is 104 cm³/mol. The Kier molecular flexibility index (Phi) is 4.82. The van der Waals surface area contributed by atoms with Gasteiger partial charge >= 0.3 is 0 Å².